The first kappa shape index (κ1) is 19.9. The highest BCUT2D eigenvalue weighted by Crippen LogP contribution is 2.36. The molecular formula is C23H30O4. The highest BCUT2D eigenvalue weighted by Gasteiger charge is 2.39. The molecule has 1 heterocycles. The molecule has 3 rings (SSSR count). The first-order valence-corrected chi connectivity index (χ1v) is 9.85. The summed E-state index contributed by atoms with van der Waals surface area (Å²) in [6.45, 7) is 6.65. The standard InChI is InChI=1S/C23H30O4/c1-4-18-8-9-20(23(25)15-21(24)12-16(3)27-23)14-19(18)13-17-6-10-22(11-7-17)26-5-2/h6-11,14,16,21,24-25H,4-5,12-13,15H2,1-3H3. The van der Waals surface area contributed by atoms with E-state index in [0.29, 0.717) is 18.6 Å². The monoisotopic (exact) mass is 370 g/mol. The van der Waals surface area contributed by atoms with Crippen molar-refractivity contribution in [3.05, 3.63) is 64.7 Å². The van der Waals surface area contributed by atoms with Gasteiger partial charge in [-0.05, 0) is 68.0 Å². The fourth-order valence-corrected chi connectivity index (χ4v) is 3.87. The minimum Gasteiger partial charge on any atom is -0.494 e. The van der Waals surface area contributed by atoms with Crippen LogP contribution in [0, 0.1) is 0 Å². The van der Waals surface area contributed by atoms with Crippen molar-refractivity contribution < 1.29 is 19.7 Å². The highest BCUT2D eigenvalue weighted by atomic mass is 16.6. The van der Waals surface area contributed by atoms with Gasteiger partial charge in [0, 0.05) is 12.0 Å². The SMILES string of the molecule is CCOc1ccc(Cc2cc(C3(O)CC(O)CC(C)O3)ccc2CC)cc1. The molecule has 1 saturated heterocycles. The van der Waals surface area contributed by atoms with Crippen molar-refractivity contribution in [2.75, 3.05) is 6.61 Å². The average molecular weight is 370 g/mol. The topological polar surface area (TPSA) is 58.9 Å². The molecule has 146 valence electrons. The lowest BCUT2D eigenvalue weighted by atomic mass is 9.89. The van der Waals surface area contributed by atoms with E-state index >= 15 is 0 Å². The van der Waals surface area contributed by atoms with E-state index in [1.807, 2.05) is 38.1 Å². The van der Waals surface area contributed by atoms with Crippen molar-refractivity contribution in [3.63, 3.8) is 0 Å². The molecule has 0 aliphatic carbocycles. The smallest absolute Gasteiger partial charge is 0.195 e. The van der Waals surface area contributed by atoms with Crippen LogP contribution in [-0.4, -0.2) is 29.0 Å². The third-order valence-corrected chi connectivity index (χ3v) is 5.18. The van der Waals surface area contributed by atoms with Crippen LogP contribution in [0.4, 0.5) is 0 Å². The van der Waals surface area contributed by atoms with Crippen LogP contribution in [0.25, 0.3) is 0 Å². The Kier molecular flexibility index (Phi) is 6.20. The number of aliphatic hydroxyl groups is 2. The number of hydrogen-bond donors (Lipinski definition) is 2. The van der Waals surface area contributed by atoms with Crippen molar-refractivity contribution in [1.82, 2.24) is 0 Å². The highest BCUT2D eigenvalue weighted by molar-refractivity contribution is 5.39. The zero-order valence-corrected chi connectivity index (χ0v) is 16.4. The maximum atomic E-state index is 11.0. The van der Waals surface area contributed by atoms with Gasteiger partial charge >= 0.3 is 0 Å². The number of aliphatic hydroxyl groups excluding tert-OH is 1. The van der Waals surface area contributed by atoms with Gasteiger partial charge in [-0.15, -0.1) is 0 Å². The lowest BCUT2D eigenvalue weighted by molar-refractivity contribution is -0.277. The van der Waals surface area contributed by atoms with Crippen LogP contribution in [0.1, 0.15) is 55.9 Å². The summed E-state index contributed by atoms with van der Waals surface area (Å²) in [6, 6.07) is 14.1. The van der Waals surface area contributed by atoms with Crippen molar-refractivity contribution in [3.8, 4) is 5.75 Å². The van der Waals surface area contributed by atoms with E-state index in [2.05, 4.69) is 25.1 Å². The molecule has 27 heavy (non-hydrogen) atoms. The summed E-state index contributed by atoms with van der Waals surface area (Å²) in [4.78, 5) is 0. The fourth-order valence-electron chi connectivity index (χ4n) is 3.87. The average Bonchev–Trinajstić information content (AvgIpc) is 2.62. The van der Waals surface area contributed by atoms with E-state index in [9.17, 15) is 10.2 Å². The first-order chi connectivity index (χ1) is 12.9. The Morgan fingerprint density at radius 1 is 1.11 bits per heavy atom. The summed E-state index contributed by atoms with van der Waals surface area (Å²) in [5.74, 6) is -0.560. The molecule has 0 bridgehead atoms. The Hall–Kier alpha value is -1.88. The molecule has 0 aromatic heterocycles. The third-order valence-electron chi connectivity index (χ3n) is 5.18. The van der Waals surface area contributed by atoms with Gasteiger partial charge in [0.05, 0.1) is 18.8 Å². The molecule has 4 heteroatoms. The second-order valence-corrected chi connectivity index (χ2v) is 7.40. The molecule has 0 saturated carbocycles. The van der Waals surface area contributed by atoms with Gasteiger partial charge in [-0.3, -0.25) is 0 Å². The van der Waals surface area contributed by atoms with E-state index < -0.39 is 11.9 Å². The Morgan fingerprint density at radius 2 is 1.85 bits per heavy atom. The summed E-state index contributed by atoms with van der Waals surface area (Å²) < 4.78 is 11.3. The van der Waals surface area contributed by atoms with Crippen LogP contribution < -0.4 is 4.74 Å². The van der Waals surface area contributed by atoms with Gasteiger partial charge in [-0.1, -0.05) is 31.2 Å². The zero-order chi connectivity index (χ0) is 19.4. The van der Waals surface area contributed by atoms with Gasteiger partial charge in [-0.25, -0.2) is 0 Å². The van der Waals surface area contributed by atoms with Crippen molar-refractivity contribution in [2.24, 2.45) is 0 Å². The van der Waals surface area contributed by atoms with E-state index in [4.69, 9.17) is 9.47 Å². The van der Waals surface area contributed by atoms with E-state index in [1.165, 1.54) is 16.7 Å². The Labute approximate surface area is 161 Å². The summed E-state index contributed by atoms with van der Waals surface area (Å²) >= 11 is 0. The fraction of sp³-hybridized carbons (Fsp3) is 0.478. The number of benzene rings is 2. The first-order valence-electron chi connectivity index (χ1n) is 9.85. The molecule has 0 radical (unpaired) electrons. The molecule has 1 fully saturated rings. The van der Waals surface area contributed by atoms with Crippen molar-refractivity contribution in [2.45, 2.75) is 64.4 Å². The van der Waals surface area contributed by atoms with Gasteiger partial charge in [0.15, 0.2) is 5.79 Å². The van der Waals surface area contributed by atoms with Gasteiger partial charge in [0.1, 0.15) is 5.75 Å². The molecule has 4 nitrogen and oxygen atoms in total. The number of ether oxygens (including phenoxy) is 2. The predicted molar refractivity (Wildman–Crippen MR) is 106 cm³/mol. The lowest BCUT2D eigenvalue weighted by Crippen LogP contribution is -2.43. The third kappa shape index (κ3) is 4.70. The Bertz CT molecular complexity index is 743. The second-order valence-electron chi connectivity index (χ2n) is 7.40. The molecule has 2 aromatic carbocycles. The number of rotatable bonds is 6. The van der Waals surface area contributed by atoms with Crippen molar-refractivity contribution in [1.29, 1.82) is 0 Å². The quantitative estimate of drug-likeness (QED) is 0.808. The maximum absolute atomic E-state index is 11.0. The van der Waals surface area contributed by atoms with Crippen LogP contribution in [0.3, 0.4) is 0 Å². The summed E-state index contributed by atoms with van der Waals surface area (Å²) in [7, 11) is 0. The van der Waals surface area contributed by atoms with Crippen LogP contribution >= 0.6 is 0 Å². The number of hydrogen-bond acceptors (Lipinski definition) is 4. The van der Waals surface area contributed by atoms with Crippen molar-refractivity contribution >= 4 is 0 Å². The summed E-state index contributed by atoms with van der Waals surface area (Å²) in [5.41, 5.74) is 4.33. The van der Waals surface area contributed by atoms with Gasteiger partial charge in [-0.2, -0.15) is 0 Å². The van der Waals surface area contributed by atoms with E-state index in [-0.39, 0.29) is 12.5 Å². The Balaban J connectivity index is 1.87. The molecule has 2 aromatic rings. The minimum absolute atomic E-state index is 0.181. The van der Waals surface area contributed by atoms with Gasteiger partial charge in [0.2, 0.25) is 0 Å². The van der Waals surface area contributed by atoms with Crippen LogP contribution in [0.5, 0.6) is 5.75 Å². The largest absolute Gasteiger partial charge is 0.494 e. The maximum Gasteiger partial charge on any atom is 0.195 e. The molecule has 2 N–H and O–H groups in total. The minimum atomic E-state index is -1.43. The van der Waals surface area contributed by atoms with E-state index in [0.717, 1.165) is 18.6 Å². The van der Waals surface area contributed by atoms with Gasteiger partial charge < -0.3 is 19.7 Å². The normalized spacial score (nSPS) is 25.4. The molecule has 0 amide bonds. The van der Waals surface area contributed by atoms with Crippen LogP contribution in [0.2, 0.25) is 0 Å². The van der Waals surface area contributed by atoms with Crippen LogP contribution in [0.15, 0.2) is 42.5 Å². The van der Waals surface area contributed by atoms with E-state index in [1.54, 1.807) is 0 Å². The Morgan fingerprint density at radius 3 is 2.48 bits per heavy atom. The lowest BCUT2D eigenvalue weighted by Gasteiger charge is -2.39. The summed E-state index contributed by atoms with van der Waals surface area (Å²) in [6.07, 6.45) is 1.71. The van der Waals surface area contributed by atoms with Crippen LogP contribution in [-0.2, 0) is 23.4 Å². The number of aryl methyl sites for hydroxylation is 1. The molecule has 3 atom stereocenters. The molecular weight excluding hydrogens is 340 g/mol. The van der Waals surface area contributed by atoms with Gasteiger partial charge in [0.25, 0.3) is 0 Å². The summed E-state index contributed by atoms with van der Waals surface area (Å²) in [5, 5.41) is 21.1. The molecule has 1 aliphatic rings. The molecule has 3 unspecified atom stereocenters. The second kappa shape index (κ2) is 8.42. The molecule has 0 spiro atoms. The molecule has 1 aliphatic heterocycles. The predicted octanol–water partition coefficient (Wildman–Crippen LogP) is 3.94. The zero-order valence-electron chi connectivity index (χ0n) is 16.4.